The van der Waals surface area contributed by atoms with E-state index in [2.05, 4.69) is 5.10 Å². The number of halogens is 1. The average Bonchev–Trinajstić information content (AvgIpc) is 3.26. The van der Waals surface area contributed by atoms with Crippen LogP contribution in [0.5, 0.6) is 11.5 Å². The molecule has 2 heterocycles. The molecule has 30 heavy (non-hydrogen) atoms. The van der Waals surface area contributed by atoms with Crippen LogP contribution in [0.4, 0.5) is 5.69 Å². The number of benzene rings is 2. The molecule has 0 fully saturated rings. The van der Waals surface area contributed by atoms with Gasteiger partial charge in [0.25, 0.3) is 5.91 Å². The SMILES string of the molecule is COc1cc(N2Cc3cn(-c4ccc(Cl)cc4)nc3C2=O)ccc1OCC(C)(C)O. The van der Waals surface area contributed by atoms with E-state index in [1.807, 2.05) is 18.3 Å². The molecule has 1 aromatic heterocycles. The lowest BCUT2D eigenvalue weighted by Crippen LogP contribution is -2.28. The van der Waals surface area contributed by atoms with E-state index in [0.29, 0.717) is 34.4 Å². The first-order chi connectivity index (χ1) is 14.2. The van der Waals surface area contributed by atoms with E-state index in [1.165, 1.54) is 7.11 Å². The minimum absolute atomic E-state index is 0.121. The highest BCUT2D eigenvalue weighted by Crippen LogP contribution is 2.35. The zero-order valence-electron chi connectivity index (χ0n) is 16.9. The molecule has 7 nitrogen and oxygen atoms in total. The predicted molar refractivity (Wildman–Crippen MR) is 114 cm³/mol. The number of ether oxygens (including phenoxy) is 2. The summed E-state index contributed by atoms with van der Waals surface area (Å²) in [6.07, 6.45) is 1.86. The van der Waals surface area contributed by atoms with E-state index >= 15 is 0 Å². The van der Waals surface area contributed by atoms with Crippen LogP contribution < -0.4 is 14.4 Å². The van der Waals surface area contributed by atoms with E-state index in [4.69, 9.17) is 21.1 Å². The minimum atomic E-state index is -0.966. The topological polar surface area (TPSA) is 76.8 Å². The Kier molecular flexibility index (Phi) is 5.17. The van der Waals surface area contributed by atoms with Crippen molar-refractivity contribution in [3.63, 3.8) is 0 Å². The molecule has 0 atom stereocenters. The summed E-state index contributed by atoms with van der Waals surface area (Å²) in [7, 11) is 1.53. The monoisotopic (exact) mass is 427 g/mol. The van der Waals surface area contributed by atoms with Gasteiger partial charge in [-0.2, -0.15) is 5.10 Å². The number of carbonyl (C=O) groups is 1. The average molecular weight is 428 g/mol. The molecular weight excluding hydrogens is 406 g/mol. The van der Waals surface area contributed by atoms with Crippen LogP contribution in [-0.4, -0.2) is 40.1 Å². The highest BCUT2D eigenvalue weighted by Gasteiger charge is 2.32. The maximum Gasteiger partial charge on any atom is 0.279 e. The molecule has 8 heteroatoms. The number of amides is 1. The Balaban J connectivity index is 1.55. The van der Waals surface area contributed by atoms with Crippen molar-refractivity contribution < 1.29 is 19.4 Å². The number of carbonyl (C=O) groups excluding carboxylic acids is 1. The first kappa shape index (κ1) is 20.3. The number of fused-ring (bicyclic) bond motifs is 1. The highest BCUT2D eigenvalue weighted by molar-refractivity contribution is 6.30. The Morgan fingerprint density at radius 1 is 1.13 bits per heavy atom. The molecule has 0 saturated heterocycles. The molecule has 3 aromatic rings. The maximum absolute atomic E-state index is 13.0. The van der Waals surface area contributed by atoms with Crippen molar-refractivity contribution in [2.24, 2.45) is 0 Å². The second-order valence-corrected chi connectivity index (χ2v) is 8.19. The third-order valence-electron chi connectivity index (χ3n) is 4.70. The fourth-order valence-electron chi connectivity index (χ4n) is 3.21. The van der Waals surface area contributed by atoms with Gasteiger partial charge in [-0.3, -0.25) is 4.79 Å². The summed E-state index contributed by atoms with van der Waals surface area (Å²) in [5, 5.41) is 15.0. The van der Waals surface area contributed by atoms with Gasteiger partial charge in [0.2, 0.25) is 0 Å². The van der Waals surface area contributed by atoms with Crippen LogP contribution in [0.25, 0.3) is 5.69 Å². The van der Waals surface area contributed by atoms with Gasteiger partial charge in [0.15, 0.2) is 17.2 Å². The number of nitrogens with zero attached hydrogens (tertiary/aromatic N) is 3. The van der Waals surface area contributed by atoms with Gasteiger partial charge in [0.1, 0.15) is 6.61 Å². The number of hydrogen-bond acceptors (Lipinski definition) is 5. The third-order valence-corrected chi connectivity index (χ3v) is 4.95. The Morgan fingerprint density at radius 2 is 1.83 bits per heavy atom. The number of rotatable bonds is 6. The quantitative estimate of drug-likeness (QED) is 0.646. The fourth-order valence-corrected chi connectivity index (χ4v) is 3.33. The lowest BCUT2D eigenvalue weighted by molar-refractivity contribution is 0.0276. The Hall–Kier alpha value is -3.03. The molecule has 1 aliphatic rings. The van der Waals surface area contributed by atoms with Crippen molar-refractivity contribution in [1.82, 2.24) is 9.78 Å². The normalized spacial score (nSPS) is 13.5. The molecule has 1 amide bonds. The summed E-state index contributed by atoms with van der Waals surface area (Å²) in [6, 6.07) is 12.5. The van der Waals surface area contributed by atoms with Crippen molar-refractivity contribution in [3.05, 3.63) is 64.9 Å². The minimum Gasteiger partial charge on any atom is -0.493 e. The fraction of sp³-hybridized carbons (Fsp3) is 0.273. The summed E-state index contributed by atoms with van der Waals surface area (Å²) >= 11 is 5.94. The van der Waals surface area contributed by atoms with Gasteiger partial charge in [0, 0.05) is 28.5 Å². The zero-order chi connectivity index (χ0) is 21.5. The van der Waals surface area contributed by atoms with E-state index < -0.39 is 5.60 Å². The van der Waals surface area contributed by atoms with Crippen LogP contribution in [-0.2, 0) is 6.54 Å². The van der Waals surface area contributed by atoms with E-state index in [9.17, 15) is 9.90 Å². The van der Waals surface area contributed by atoms with Crippen molar-refractivity contribution >= 4 is 23.2 Å². The Morgan fingerprint density at radius 3 is 2.47 bits per heavy atom. The lowest BCUT2D eigenvalue weighted by Gasteiger charge is -2.21. The van der Waals surface area contributed by atoms with Gasteiger partial charge >= 0.3 is 0 Å². The molecule has 1 aliphatic heterocycles. The summed E-state index contributed by atoms with van der Waals surface area (Å²) in [4.78, 5) is 14.6. The third kappa shape index (κ3) is 3.99. The molecule has 0 radical (unpaired) electrons. The molecular formula is C22H22ClN3O4. The van der Waals surface area contributed by atoms with E-state index in [1.54, 1.807) is 53.8 Å². The van der Waals surface area contributed by atoms with Crippen LogP contribution in [0.3, 0.4) is 0 Å². The largest absolute Gasteiger partial charge is 0.493 e. The van der Waals surface area contributed by atoms with Crippen molar-refractivity contribution in [2.75, 3.05) is 18.6 Å². The summed E-state index contributed by atoms with van der Waals surface area (Å²) in [5.74, 6) is 0.811. The van der Waals surface area contributed by atoms with E-state index in [-0.39, 0.29) is 12.5 Å². The highest BCUT2D eigenvalue weighted by atomic mass is 35.5. The molecule has 0 aliphatic carbocycles. The van der Waals surface area contributed by atoms with Crippen LogP contribution in [0.1, 0.15) is 29.9 Å². The van der Waals surface area contributed by atoms with Gasteiger partial charge in [-0.1, -0.05) is 11.6 Å². The zero-order valence-corrected chi connectivity index (χ0v) is 17.7. The van der Waals surface area contributed by atoms with Gasteiger partial charge in [-0.25, -0.2) is 4.68 Å². The van der Waals surface area contributed by atoms with Gasteiger partial charge in [-0.05, 0) is 50.2 Å². The lowest BCUT2D eigenvalue weighted by atomic mass is 10.2. The van der Waals surface area contributed by atoms with Crippen LogP contribution >= 0.6 is 11.6 Å². The number of hydrogen-bond donors (Lipinski definition) is 1. The van der Waals surface area contributed by atoms with Gasteiger partial charge < -0.3 is 19.5 Å². The number of aromatic nitrogens is 2. The summed E-state index contributed by atoms with van der Waals surface area (Å²) in [5.41, 5.74) is 1.82. The standard InChI is InChI=1S/C22H22ClN3O4/c1-22(2,28)13-30-18-9-8-17(10-19(18)29-3)25-11-14-12-26(24-20(14)21(25)27)16-6-4-15(23)5-7-16/h4-10,12,28H,11,13H2,1-3H3. The van der Waals surface area contributed by atoms with Crippen molar-refractivity contribution in [3.8, 4) is 17.2 Å². The van der Waals surface area contributed by atoms with Gasteiger partial charge in [0.05, 0.1) is 24.9 Å². The summed E-state index contributed by atoms with van der Waals surface area (Å²) < 4.78 is 12.8. The Labute approximate surface area is 179 Å². The smallest absolute Gasteiger partial charge is 0.279 e. The molecule has 0 unspecified atom stereocenters. The molecule has 4 rings (SSSR count). The molecule has 1 N–H and O–H groups in total. The van der Waals surface area contributed by atoms with Crippen LogP contribution in [0, 0.1) is 0 Å². The first-order valence-electron chi connectivity index (χ1n) is 9.45. The molecule has 0 spiro atoms. The first-order valence-corrected chi connectivity index (χ1v) is 9.82. The molecule has 156 valence electrons. The van der Waals surface area contributed by atoms with Crippen LogP contribution in [0.2, 0.25) is 5.02 Å². The Bertz CT molecular complexity index is 1090. The number of anilines is 1. The van der Waals surface area contributed by atoms with Crippen LogP contribution in [0.15, 0.2) is 48.7 Å². The number of aliphatic hydroxyl groups is 1. The van der Waals surface area contributed by atoms with Crippen molar-refractivity contribution in [2.45, 2.75) is 26.0 Å². The molecule has 0 bridgehead atoms. The van der Waals surface area contributed by atoms with E-state index in [0.717, 1.165) is 11.3 Å². The van der Waals surface area contributed by atoms with Gasteiger partial charge in [-0.15, -0.1) is 0 Å². The summed E-state index contributed by atoms with van der Waals surface area (Å²) in [6.45, 7) is 3.86. The number of methoxy groups -OCH3 is 1. The second-order valence-electron chi connectivity index (χ2n) is 7.75. The molecule has 2 aromatic carbocycles. The second kappa shape index (κ2) is 7.66. The molecule has 0 saturated carbocycles. The maximum atomic E-state index is 13.0. The van der Waals surface area contributed by atoms with Crippen molar-refractivity contribution in [1.29, 1.82) is 0 Å². The predicted octanol–water partition coefficient (Wildman–Crippen LogP) is 3.84.